The summed E-state index contributed by atoms with van der Waals surface area (Å²) in [5.74, 6) is 1.09. The molecule has 3 aromatic rings. The standard InChI is InChI=1S/C21H20N4O2/c1-25-14-13-23-21(25)20(17-5-3-2-4-6-17)24-19(26)15-27-18-9-7-16(8-10-18)11-12-22/h2-10,13-14,20H,11,15H2,1H3,(H,24,26). The fraction of sp³-hybridized carbons (Fsp3) is 0.190. The average molecular weight is 360 g/mol. The van der Waals surface area contributed by atoms with Crippen LogP contribution in [0.3, 0.4) is 0 Å². The number of aryl methyl sites for hydroxylation is 1. The molecule has 136 valence electrons. The second kappa shape index (κ2) is 8.68. The van der Waals surface area contributed by atoms with Crippen molar-refractivity contribution in [1.82, 2.24) is 14.9 Å². The zero-order chi connectivity index (χ0) is 19.1. The number of aromatic nitrogens is 2. The molecule has 1 aromatic heterocycles. The van der Waals surface area contributed by atoms with E-state index in [1.165, 1.54) is 0 Å². The number of imidazole rings is 1. The van der Waals surface area contributed by atoms with Gasteiger partial charge in [-0.25, -0.2) is 4.98 Å². The first kappa shape index (κ1) is 18.2. The Morgan fingerprint density at radius 3 is 2.59 bits per heavy atom. The van der Waals surface area contributed by atoms with Crippen molar-refractivity contribution in [3.8, 4) is 11.8 Å². The van der Waals surface area contributed by atoms with Crippen LogP contribution in [0.4, 0.5) is 0 Å². The first-order chi connectivity index (χ1) is 13.2. The predicted molar refractivity (Wildman–Crippen MR) is 101 cm³/mol. The Morgan fingerprint density at radius 2 is 1.96 bits per heavy atom. The monoisotopic (exact) mass is 360 g/mol. The molecule has 1 unspecified atom stereocenters. The Labute approximate surface area is 158 Å². The predicted octanol–water partition coefficient (Wildman–Crippen LogP) is 2.77. The van der Waals surface area contributed by atoms with Gasteiger partial charge in [0, 0.05) is 19.4 Å². The second-order valence-electron chi connectivity index (χ2n) is 6.08. The molecule has 1 amide bonds. The molecule has 0 spiro atoms. The fourth-order valence-electron chi connectivity index (χ4n) is 2.74. The lowest BCUT2D eigenvalue weighted by Gasteiger charge is -2.19. The lowest BCUT2D eigenvalue weighted by Crippen LogP contribution is -2.34. The Bertz CT molecular complexity index is 927. The van der Waals surface area contributed by atoms with Crippen molar-refractivity contribution in [2.24, 2.45) is 7.05 Å². The number of amides is 1. The molecule has 1 atom stereocenters. The summed E-state index contributed by atoms with van der Waals surface area (Å²) in [7, 11) is 1.89. The van der Waals surface area contributed by atoms with Crippen molar-refractivity contribution in [2.45, 2.75) is 12.5 Å². The van der Waals surface area contributed by atoms with Gasteiger partial charge in [0.05, 0.1) is 12.5 Å². The quantitative estimate of drug-likeness (QED) is 0.703. The summed E-state index contributed by atoms with van der Waals surface area (Å²) < 4.78 is 7.44. The summed E-state index contributed by atoms with van der Waals surface area (Å²) in [5.41, 5.74) is 1.86. The number of nitrogens with one attached hydrogen (secondary N) is 1. The van der Waals surface area contributed by atoms with Gasteiger partial charge < -0.3 is 14.6 Å². The molecule has 1 N–H and O–H groups in total. The van der Waals surface area contributed by atoms with Crippen LogP contribution in [0.2, 0.25) is 0 Å². The summed E-state index contributed by atoms with van der Waals surface area (Å²) in [5, 5.41) is 11.7. The van der Waals surface area contributed by atoms with Crippen LogP contribution in [0.15, 0.2) is 67.0 Å². The van der Waals surface area contributed by atoms with Crippen LogP contribution < -0.4 is 10.1 Å². The SMILES string of the molecule is Cn1ccnc1C(NC(=O)COc1ccc(CC#N)cc1)c1ccccc1. The Hall–Kier alpha value is -3.59. The van der Waals surface area contributed by atoms with E-state index < -0.39 is 0 Å². The number of benzene rings is 2. The van der Waals surface area contributed by atoms with Gasteiger partial charge in [-0.2, -0.15) is 5.26 Å². The van der Waals surface area contributed by atoms with Crippen LogP contribution in [0.1, 0.15) is 23.0 Å². The number of carbonyl (C=O) groups excluding carboxylic acids is 1. The third-order valence-corrected chi connectivity index (χ3v) is 4.13. The van der Waals surface area contributed by atoms with Crippen LogP contribution >= 0.6 is 0 Å². The number of nitrogens with zero attached hydrogens (tertiary/aromatic N) is 3. The second-order valence-corrected chi connectivity index (χ2v) is 6.08. The molecule has 6 nitrogen and oxygen atoms in total. The molecule has 0 bridgehead atoms. The smallest absolute Gasteiger partial charge is 0.258 e. The summed E-state index contributed by atoms with van der Waals surface area (Å²) in [6.45, 7) is -0.106. The first-order valence-corrected chi connectivity index (χ1v) is 8.57. The van der Waals surface area contributed by atoms with Gasteiger partial charge in [-0.3, -0.25) is 4.79 Å². The van der Waals surface area contributed by atoms with E-state index in [9.17, 15) is 4.79 Å². The van der Waals surface area contributed by atoms with E-state index in [0.717, 1.165) is 17.0 Å². The molecule has 2 aromatic carbocycles. The maximum absolute atomic E-state index is 12.5. The van der Waals surface area contributed by atoms with E-state index in [1.54, 1.807) is 18.3 Å². The normalized spacial score (nSPS) is 11.4. The number of rotatable bonds is 7. The molecule has 1 heterocycles. The fourth-order valence-corrected chi connectivity index (χ4v) is 2.74. The van der Waals surface area contributed by atoms with Gasteiger partial charge in [0.1, 0.15) is 17.6 Å². The molecule has 27 heavy (non-hydrogen) atoms. The molecule has 0 aliphatic carbocycles. The van der Waals surface area contributed by atoms with Crippen molar-refractivity contribution in [2.75, 3.05) is 6.61 Å². The molecule has 0 aliphatic rings. The molecule has 6 heteroatoms. The molecule has 0 fully saturated rings. The summed E-state index contributed by atoms with van der Waals surface area (Å²) >= 11 is 0. The van der Waals surface area contributed by atoms with Crippen LogP contribution in [0.25, 0.3) is 0 Å². The van der Waals surface area contributed by atoms with Gasteiger partial charge in [-0.15, -0.1) is 0 Å². The topological polar surface area (TPSA) is 79.9 Å². The summed E-state index contributed by atoms with van der Waals surface area (Å²) in [6, 6.07) is 18.6. The van der Waals surface area contributed by atoms with Crippen molar-refractivity contribution in [3.63, 3.8) is 0 Å². The van der Waals surface area contributed by atoms with Crippen LogP contribution in [-0.4, -0.2) is 22.1 Å². The van der Waals surface area contributed by atoms with E-state index in [0.29, 0.717) is 12.2 Å². The van der Waals surface area contributed by atoms with Crippen LogP contribution in [0, 0.1) is 11.3 Å². The summed E-state index contributed by atoms with van der Waals surface area (Å²) in [6.07, 6.45) is 3.90. The Kier molecular flexibility index (Phi) is 5.85. The zero-order valence-electron chi connectivity index (χ0n) is 15.0. The molecular weight excluding hydrogens is 340 g/mol. The zero-order valence-corrected chi connectivity index (χ0v) is 15.0. The van der Waals surface area contributed by atoms with Gasteiger partial charge in [0.15, 0.2) is 6.61 Å². The molecule has 3 rings (SSSR count). The van der Waals surface area contributed by atoms with E-state index in [2.05, 4.69) is 16.4 Å². The van der Waals surface area contributed by atoms with E-state index in [4.69, 9.17) is 10.00 Å². The number of hydrogen-bond acceptors (Lipinski definition) is 4. The molecule has 0 saturated carbocycles. The third-order valence-electron chi connectivity index (χ3n) is 4.13. The third kappa shape index (κ3) is 4.73. The minimum atomic E-state index is -0.361. The van der Waals surface area contributed by atoms with Gasteiger partial charge in [-0.1, -0.05) is 42.5 Å². The molecule has 0 radical (unpaired) electrons. The van der Waals surface area contributed by atoms with E-state index in [1.807, 2.05) is 60.3 Å². The lowest BCUT2D eigenvalue weighted by molar-refractivity contribution is -0.123. The van der Waals surface area contributed by atoms with E-state index in [-0.39, 0.29) is 18.6 Å². The Morgan fingerprint density at radius 1 is 1.22 bits per heavy atom. The minimum Gasteiger partial charge on any atom is -0.484 e. The van der Waals surface area contributed by atoms with Crippen molar-refractivity contribution >= 4 is 5.91 Å². The first-order valence-electron chi connectivity index (χ1n) is 8.57. The highest BCUT2D eigenvalue weighted by molar-refractivity contribution is 5.78. The van der Waals surface area contributed by atoms with Gasteiger partial charge >= 0.3 is 0 Å². The van der Waals surface area contributed by atoms with E-state index >= 15 is 0 Å². The highest BCUT2D eigenvalue weighted by Gasteiger charge is 2.20. The highest BCUT2D eigenvalue weighted by atomic mass is 16.5. The molecule has 0 saturated heterocycles. The minimum absolute atomic E-state index is 0.106. The van der Waals surface area contributed by atoms with Crippen LogP contribution in [0.5, 0.6) is 5.75 Å². The van der Waals surface area contributed by atoms with Crippen LogP contribution in [-0.2, 0) is 18.3 Å². The van der Waals surface area contributed by atoms with Gasteiger partial charge in [0.25, 0.3) is 5.91 Å². The number of ether oxygens (including phenoxy) is 1. The summed E-state index contributed by atoms with van der Waals surface area (Å²) in [4.78, 5) is 16.8. The molecule has 0 aliphatic heterocycles. The lowest BCUT2D eigenvalue weighted by atomic mass is 10.1. The maximum Gasteiger partial charge on any atom is 0.258 e. The maximum atomic E-state index is 12.5. The van der Waals surface area contributed by atoms with Crippen molar-refractivity contribution in [1.29, 1.82) is 5.26 Å². The van der Waals surface area contributed by atoms with Gasteiger partial charge in [-0.05, 0) is 23.3 Å². The largest absolute Gasteiger partial charge is 0.484 e. The average Bonchev–Trinajstić information content (AvgIpc) is 3.12. The Balaban J connectivity index is 1.66. The number of nitriles is 1. The molecular formula is C21H20N4O2. The number of carbonyl (C=O) groups is 1. The van der Waals surface area contributed by atoms with Crippen molar-refractivity contribution < 1.29 is 9.53 Å². The number of hydrogen-bond donors (Lipinski definition) is 1. The van der Waals surface area contributed by atoms with Gasteiger partial charge in [0.2, 0.25) is 0 Å². The van der Waals surface area contributed by atoms with Crippen molar-refractivity contribution in [3.05, 3.63) is 83.9 Å². The highest BCUT2D eigenvalue weighted by Crippen LogP contribution is 2.20.